The first-order chi connectivity index (χ1) is 28.1. The van der Waals surface area contributed by atoms with Crippen molar-refractivity contribution in [3.8, 4) is 67.3 Å². The molecule has 2 heterocycles. The quantitative estimate of drug-likeness (QED) is 0.169. The van der Waals surface area contributed by atoms with Crippen molar-refractivity contribution in [3.05, 3.63) is 217 Å². The maximum absolute atomic E-state index is 5.28. The second kappa shape index (κ2) is 13.4. The van der Waals surface area contributed by atoms with Gasteiger partial charge in [-0.05, 0) is 75.7 Å². The van der Waals surface area contributed by atoms with Gasteiger partial charge in [0.05, 0.1) is 11.4 Å². The molecule has 0 saturated carbocycles. The number of aromatic nitrogens is 2. The third-order valence-corrected chi connectivity index (χ3v) is 13.0. The van der Waals surface area contributed by atoms with Gasteiger partial charge < -0.3 is 0 Å². The number of hydrogen-bond donors (Lipinski definition) is 0. The fraction of sp³-hybridized carbons (Fsp3) is 0.0370. The van der Waals surface area contributed by atoms with E-state index in [1.165, 1.54) is 59.1 Å². The molecule has 57 heavy (non-hydrogen) atoms. The van der Waals surface area contributed by atoms with Gasteiger partial charge in [0.2, 0.25) is 0 Å². The molecule has 1 aliphatic rings. The second-order valence-corrected chi connectivity index (χ2v) is 16.1. The lowest BCUT2D eigenvalue weighted by Crippen LogP contribution is -2.22. The van der Waals surface area contributed by atoms with E-state index in [9.17, 15) is 0 Å². The van der Waals surface area contributed by atoms with Crippen molar-refractivity contribution < 1.29 is 0 Å². The number of rotatable bonds is 6. The highest BCUT2D eigenvalue weighted by Gasteiger charge is 2.40. The van der Waals surface area contributed by atoms with Crippen molar-refractivity contribution in [2.75, 3.05) is 0 Å². The van der Waals surface area contributed by atoms with Crippen molar-refractivity contribution in [3.63, 3.8) is 0 Å². The van der Waals surface area contributed by atoms with Gasteiger partial charge >= 0.3 is 0 Å². The summed E-state index contributed by atoms with van der Waals surface area (Å²) in [5.41, 5.74) is 16.0. The van der Waals surface area contributed by atoms with Crippen LogP contribution in [-0.2, 0) is 5.41 Å². The summed E-state index contributed by atoms with van der Waals surface area (Å²) in [6.07, 6.45) is 0. The highest BCUT2D eigenvalue weighted by molar-refractivity contribution is 7.26. The molecule has 0 aliphatic heterocycles. The molecule has 0 amide bonds. The standard InChI is InChI=1S/C54H36N2S/c1-54(47-29-10-7-23-41(47)42-24-8-11-30-48(42)54)39-21-14-19-37(33-39)36-18-13-20-38(32-36)49-34-50(56-53(55-49)35-16-3-2-4-17-35)43-25-6-5-22-40(43)45-27-15-28-46-44-26-9-12-31-51(44)57-52(45)46/h2-34H,1H3. The zero-order chi connectivity index (χ0) is 37.9. The van der Waals surface area contributed by atoms with E-state index in [2.05, 4.69) is 201 Å². The van der Waals surface area contributed by atoms with Gasteiger partial charge in [-0.2, -0.15) is 0 Å². The van der Waals surface area contributed by atoms with Crippen LogP contribution in [0, 0.1) is 0 Å². The van der Waals surface area contributed by atoms with Gasteiger partial charge in [-0.3, -0.25) is 0 Å². The van der Waals surface area contributed by atoms with Gasteiger partial charge in [0.1, 0.15) is 0 Å². The molecule has 8 aromatic carbocycles. The first-order valence-electron chi connectivity index (χ1n) is 19.5. The zero-order valence-corrected chi connectivity index (χ0v) is 32.2. The molecule has 0 unspecified atom stereocenters. The lowest BCUT2D eigenvalue weighted by atomic mass is 9.74. The third-order valence-electron chi connectivity index (χ3n) is 11.8. The SMILES string of the molecule is CC1(c2cccc(-c3cccc(-c4cc(-c5ccccc5-c5cccc6c5sc5ccccc56)nc(-c5ccccc5)n4)c3)c2)c2ccccc2-c2ccccc21. The number of nitrogens with zero attached hydrogens (tertiary/aromatic N) is 2. The van der Waals surface area contributed by atoms with E-state index in [1.54, 1.807) is 0 Å². The lowest BCUT2D eigenvalue weighted by molar-refractivity contribution is 0.714. The zero-order valence-electron chi connectivity index (χ0n) is 31.4. The Morgan fingerprint density at radius 3 is 1.72 bits per heavy atom. The van der Waals surface area contributed by atoms with Gasteiger partial charge in [-0.15, -0.1) is 11.3 Å². The predicted octanol–water partition coefficient (Wildman–Crippen LogP) is 14.5. The maximum Gasteiger partial charge on any atom is 0.160 e. The molecule has 2 aromatic heterocycles. The summed E-state index contributed by atoms with van der Waals surface area (Å²) in [6.45, 7) is 2.37. The second-order valence-electron chi connectivity index (χ2n) is 15.0. The van der Waals surface area contributed by atoms with E-state index in [-0.39, 0.29) is 5.41 Å². The molecule has 10 aromatic rings. The summed E-state index contributed by atoms with van der Waals surface area (Å²) in [7, 11) is 0. The van der Waals surface area contributed by atoms with E-state index in [0.717, 1.165) is 39.2 Å². The van der Waals surface area contributed by atoms with Crippen molar-refractivity contribution in [1.82, 2.24) is 9.97 Å². The smallest absolute Gasteiger partial charge is 0.160 e. The monoisotopic (exact) mass is 744 g/mol. The molecule has 3 heteroatoms. The Morgan fingerprint density at radius 1 is 0.386 bits per heavy atom. The Balaban J connectivity index is 1.04. The van der Waals surface area contributed by atoms with E-state index in [4.69, 9.17) is 9.97 Å². The molecule has 2 nitrogen and oxygen atoms in total. The highest BCUT2D eigenvalue weighted by Crippen LogP contribution is 2.52. The van der Waals surface area contributed by atoms with E-state index >= 15 is 0 Å². The van der Waals surface area contributed by atoms with E-state index in [0.29, 0.717) is 5.82 Å². The molecule has 0 fully saturated rings. The van der Waals surface area contributed by atoms with Gasteiger partial charge in [-0.1, -0.05) is 176 Å². The average Bonchev–Trinajstić information content (AvgIpc) is 3.80. The minimum atomic E-state index is -0.263. The molecular weight excluding hydrogens is 709 g/mol. The van der Waals surface area contributed by atoms with Crippen LogP contribution in [0.1, 0.15) is 23.6 Å². The lowest BCUT2D eigenvalue weighted by Gasteiger charge is -2.28. The Bertz CT molecular complexity index is 3110. The summed E-state index contributed by atoms with van der Waals surface area (Å²) >= 11 is 1.86. The van der Waals surface area contributed by atoms with Crippen LogP contribution < -0.4 is 0 Å². The van der Waals surface area contributed by atoms with Crippen LogP contribution in [0.4, 0.5) is 0 Å². The van der Waals surface area contributed by atoms with Crippen LogP contribution in [0.25, 0.3) is 87.5 Å². The summed E-state index contributed by atoms with van der Waals surface area (Å²) in [5, 5.41) is 2.58. The normalized spacial score (nSPS) is 12.8. The Kier molecular flexibility index (Phi) is 7.84. The van der Waals surface area contributed by atoms with Crippen LogP contribution in [0.3, 0.4) is 0 Å². The fourth-order valence-corrected chi connectivity index (χ4v) is 10.2. The highest BCUT2D eigenvalue weighted by atomic mass is 32.1. The van der Waals surface area contributed by atoms with Crippen LogP contribution in [-0.4, -0.2) is 9.97 Å². The van der Waals surface area contributed by atoms with Gasteiger partial charge in [0, 0.05) is 47.8 Å². The third kappa shape index (κ3) is 5.46. The minimum absolute atomic E-state index is 0.263. The summed E-state index contributed by atoms with van der Waals surface area (Å²) in [5.74, 6) is 0.705. The van der Waals surface area contributed by atoms with Crippen molar-refractivity contribution in [1.29, 1.82) is 0 Å². The van der Waals surface area contributed by atoms with Crippen LogP contribution in [0.5, 0.6) is 0 Å². The molecule has 0 atom stereocenters. The molecule has 268 valence electrons. The van der Waals surface area contributed by atoms with Crippen LogP contribution >= 0.6 is 11.3 Å². The average molecular weight is 745 g/mol. The fourth-order valence-electron chi connectivity index (χ4n) is 8.98. The predicted molar refractivity (Wildman–Crippen MR) is 240 cm³/mol. The Hall–Kier alpha value is -6.94. The topological polar surface area (TPSA) is 25.8 Å². The van der Waals surface area contributed by atoms with Crippen molar-refractivity contribution in [2.24, 2.45) is 0 Å². The first kappa shape index (κ1) is 33.4. The summed E-state index contributed by atoms with van der Waals surface area (Å²) in [6, 6.07) is 72.2. The molecule has 1 aliphatic carbocycles. The number of hydrogen-bond acceptors (Lipinski definition) is 3. The molecule has 0 bridgehead atoms. The largest absolute Gasteiger partial charge is 0.228 e. The van der Waals surface area contributed by atoms with Gasteiger partial charge in [0.25, 0.3) is 0 Å². The summed E-state index contributed by atoms with van der Waals surface area (Å²) in [4.78, 5) is 10.5. The van der Waals surface area contributed by atoms with Gasteiger partial charge in [-0.25, -0.2) is 9.97 Å². The summed E-state index contributed by atoms with van der Waals surface area (Å²) < 4.78 is 2.59. The van der Waals surface area contributed by atoms with Crippen molar-refractivity contribution >= 4 is 31.5 Å². The molecule has 0 radical (unpaired) electrons. The number of benzene rings is 8. The van der Waals surface area contributed by atoms with Gasteiger partial charge in [0.15, 0.2) is 5.82 Å². The molecular formula is C54H36N2S. The minimum Gasteiger partial charge on any atom is -0.228 e. The maximum atomic E-state index is 5.28. The van der Waals surface area contributed by atoms with Crippen LogP contribution in [0.2, 0.25) is 0 Å². The molecule has 0 saturated heterocycles. The van der Waals surface area contributed by atoms with Crippen molar-refractivity contribution in [2.45, 2.75) is 12.3 Å². The molecule has 11 rings (SSSR count). The molecule has 0 spiro atoms. The number of thiophene rings is 1. The van der Waals surface area contributed by atoms with E-state index < -0.39 is 0 Å². The first-order valence-corrected chi connectivity index (χ1v) is 20.3. The Labute approximate surface area is 336 Å². The molecule has 0 N–H and O–H groups in total. The van der Waals surface area contributed by atoms with Crippen LogP contribution in [0.15, 0.2) is 200 Å². The number of fused-ring (bicyclic) bond motifs is 6. The Morgan fingerprint density at radius 2 is 0.930 bits per heavy atom. The van der Waals surface area contributed by atoms with E-state index in [1.807, 2.05) is 17.4 Å².